The van der Waals surface area contributed by atoms with Gasteiger partial charge in [-0.05, 0) is 37.3 Å². The van der Waals surface area contributed by atoms with Crippen molar-refractivity contribution in [3.05, 3.63) is 47.2 Å². The number of aryl methyl sites for hydroxylation is 2. The Balaban J connectivity index is 3.28. The molecule has 0 unspecified atom stereocenters. The van der Waals surface area contributed by atoms with Crippen molar-refractivity contribution in [3.63, 3.8) is 0 Å². The van der Waals surface area contributed by atoms with Crippen LogP contribution >= 0.6 is 0 Å². The predicted octanol–water partition coefficient (Wildman–Crippen LogP) is 1.48. The van der Waals surface area contributed by atoms with Crippen LogP contribution in [0.25, 0.3) is 0 Å². The molecule has 4 N–H and O–H groups in total. The number of allylic oxidation sites excluding steroid dienone is 1. The van der Waals surface area contributed by atoms with E-state index in [9.17, 15) is 0 Å². The zero-order valence-corrected chi connectivity index (χ0v) is 9.20. The Labute approximate surface area is 90.5 Å². The average Bonchev–Trinajstić information content (AvgIpc) is 2.18. The van der Waals surface area contributed by atoms with Crippen molar-refractivity contribution in [2.75, 3.05) is 6.67 Å². The molecule has 3 heteroatoms. The Morgan fingerprint density at radius 1 is 1.33 bits per heavy atom. The van der Waals surface area contributed by atoms with Crippen molar-refractivity contribution in [2.24, 2.45) is 16.5 Å². The highest BCUT2D eigenvalue weighted by Gasteiger charge is 2.06. The minimum absolute atomic E-state index is 0.271. The second kappa shape index (κ2) is 5.32. The first-order valence-electron chi connectivity index (χ1n) is 4.90. The fraction of sp³-hybridized carbons (Fsp3) is 0.250. The topological polar surface area (TPSA) is 64.4 Å². The summed E-state index contributed by atoms with van der Waals surface area (Å²) in [4.78, 5) is 4.23. The summed E-state index contributed by atoms with van der Waals surface area (Å²) in [6.07, 6.45) is 3.27. The Morgan fingerprint density at radius 2 is 1.93 bits per heavy atom. The Kier molecular flexibility index (Phi) is 4.06. The monoisotopic (exact) mass is 203 g/mol. The molecular weight excluding hydrogens is 186 g/mol. The van der Waals surface area contributed by atoms with Crippen LogP contribution in [0, 0.1) is 13.8 Å². The van der Waals surface area contributed by atoms with Gasteiger partial charge in [0, 0.05) is 5.56 Å². The molecule has 0 fully saturated rings. The van der Waals surface area contributed by atoms with Gasteiger partial charge in [-0.2, -0.15) is 0 Å². The minimum atomic E-state index is 0.271. The van der Waals surface area contributed by atoms with E-state index in [1.54, 1.807) is 6.08 Å². The molecule has 1 aromatic rings. The van der Waals surface area contributed by atoms with E-state index in [1.807, 2.05) is 6.07 Å². The lowest BCUT2D eigenvalue weighted by Gasteiger charge is -2.09. The summed E-state index contributed by atoms with van der Waals surface area (Å²) in [5, 5.41) is 0. The van der Waals surface area contributed by atoms with Gasteiger partial charge in [-0.1, -0.05) is 18.2 Å². The number of aliphatic imine (C=N–C) groups is 1. The lowest BCUT2D eigenvalue weighted by molar-refractivity contribution is 1.07. The van der Waals surface area contributed by atoms with E-state index < -0.39 is 0 Å². The lowest BCUT2D eigenvalue weighted by Crippen LogP contribution is -2.07. The highest BCUT2D eigenvalue weighted by atomic mass is 14.9. The lowest BCUT2D eigenvalue weighted by atomic mass is 9.98. The highest BCUT2D eigenvalue weighted by Crippen LogP contribution is 2.15. The van der Waals surface area contributed by atoms with Crippen LogP contribution in [0.3, 0.4) is 0 Å². The molecule has 0 amide bonds. The minimum Gasteiger partial charge on any atom is -0.405 e. The molecule has 15 heavy (non-hydrogen) atoms. The van der Waals surface area contributed by atoms with Crippen molar-refractivity contribution in [2.45, 2.75) is 13.8 Å². The van der Waals surface area contributed by atoms with Crippen LogP contribution < -0.4 is 11.5 Å². The molecule has 0 aliphatic rings. The summed E-state index contributed by atoms with van der Waals surface area (Å²) < 4.78 is 0. The van der Waals surface area contributed by atoms with E-state index >= 15 is 0 Å². The molecule has 0 saturated carbocycles. The van der Waals surface area contributed by atoms with Gasteiger partial charge < -0.3 is 11.5 Å². The summed E-state index contributed by atoms with van der Waals surface area (Å²) in [7, 11) is 0. The van der Waals surface area contributed by atoms with E-state index in [4.69, 9.17) is 11.5 Å². The van der Waals surface area contributed by atoms with Crippen LogP contribution in [-0.2, 0) is 0 Å². The maximum Gasteiger partial charge on any atom is 0.0866 e. The zero-order chi connectivity index (χ0) is 11.3. The van der Waals surface area contributed by atoms with Crippen LogP contribution in [0.4, 0.5) is 0 Å². The van der Waals surface area contributed by atoms with Crippen LogP contribution in [0.1, 0.15) is 16.7 Å². The van der Waals surface area contributed by atoms with Gasteiger partial charge in [-0.25, -0.2) is 0 Å². The van der Waals surface area contributed by atoms with E-state index in [1.165, 1.54) is 17.3 Å². The summed E-state index contributed by atoms with van der Waals surface area (Å²) in [6, 6.07) is 6.14. The van der Waals surface area contributed by atoms with Gasteiger partial charge in [0.05, 0.1) is 12.4 Å². The van der Waals surface area contributed by atoms with Crippen LogP contribution in [0.2, 0.25) is 0 Å². The van der Waals surface area contributed by atoms with Crippen LogP contribution in [0.5, 0.6) is 0 Å². The molecule has 0 bridgehead atoms. The van der Waals surface area contributed by atoms with E-state index in [0.717, 1.165) is 11.3 Å². The molecule has 0 heterocycles. The third-order valence-corrected chi connectivity index (χ3v) is 2.25. The molecule has 0 spiro atoms. The van der Waals surface area contributed by atoms with Gasteiger partial charge in [0.2, 0.25) is 0 Å². The molecule has 0 aliphatic carbocycles. The van der Waals surface area contributed by atoms with Gasteiger partial charge in [0.25, 0.3) is 0 Å². The van der Waals surface area contributed by atoms with Crippen molar-refractivity contribution in [1.82, 2.24) is 0 Å². The number of nitrogens with two attached hydrogens (primary N) is 2. The molecule has 0 radical (unpaired) electrons. The predicted molar refractivity (Wildman–Crippen MR) is 64.8 cm³/mol. The molecule has 0 aliphatic heterocycles. The summed E-state index contributed by atoms with van der Waals surface area (Å²) >= 11 is 0. The Morgan fingerprint density at radius 3 is 2.40 bits per heavy atom. The van der Waals surface area contributed by atoms with E-state index in [-0.39, 0.29) is 6.67 Å². The molecule has 1 rings (SSSR count). The normalized spacial score (nSPS) is 12.3. The Hall–Kier alpha value is -1.61. The second-order valence-electron chi connectivity index (χ2n) is 3.35. The number of rotatable bonds is 3. The molecule has 80 valence electrons. The Bertz CT molecular complexity index is 372. The summed E-state index contributed by atoms with van der Waals surface area (Å²) in [5.74, 6) is 0. The second-order valence-corrected chi connectivity index (χ2v) is 3.35. The number of benzene rings is 1. The van der Waals surface area contributed by atoms with Gasteiger partial charge >= 0.3 is 0 Å². The van der Waals surface area contributed by atoms with Crippen LogP contribution in [-0.4, -0.2) is 12.4 Å². The van der Waals surface area contributed by atoms with Gasteiger partial charge in [0.1, 0.15) is 0 Å². The van der Waals surface area contributed by atoms with Crippen molar-refractivity contribution >= 4 is 5.71 Å². The number of nitrogens with zero attached hydrogens (tertiary/aromatic N) is 1. The van der Waals surface area contributed by atoms with Gasteiger partial charge in [-0.15, -0.1) is 0 Å². The number of hydrogen-bond donors (Lipinski definition) is 2. The SMILES string of the molecule is Cc1cccc(C)c1C(/C=C\N)=N/CN. The largest absolute Gasteiger partial charge is 0.405 e. The summed E-state index contributed by atoms with van der Waals surface area (Å²) in [6.45, 7) is 4.38. The molecule has 0 atom stereocenters. The smallest absolute Gasteiger partial charge is 0.0866 e. The van der Waals surface area contributed by atoms with E-state index in [0.29, 0.717) is 0 Å². The molecule has 0 saturated heterocycles. The molecule has 0 aromatic heterocycles. The quantitative estimate of drug-likeness (QED) is 0.731. The third-order valence-electron chi connectivity index (χ3n) is 2.25. The van der Waals surface area contributed by atoms with Gasteiger partial charge in [0.15, 0.2) is 0 Å². The fourth-order valence-corrected chi connectivity index (χ4v) is 1.62. The first-order valence-corrected chi connectivity index (χ1v) is 4.90. The maximum atomic E-state index is 5.43. The average molecular weight is 203 g/mol. The van der Waals surface area contributed by atoms with Crippen molar-refractivity contribution in [3.8, 4) is 0 Å². The zero-order valence-electron chi connectivity index (χ0n) is 9.20. The highest BCUT2D eigenvalue weighted by molar-refractivity contribution is 6.10. The van der Waals surface area contributed by atoms with E-state index in [2.05, 4.69) is 31.0 Å². The summed E-state index contributed by atoms with van der Waals surface area (Å²) in [5.41, 5.74) is 15.2. The molecular formula is C12H17N3. The number of hydrogen-bond acceptors (Lipinski definition) is 3. The van der Waals surface area contributed by atoms with Gasteiger partial charge in [-0.3, -0.25) is 4.99 Å². The van der Waals surface area contributed by atoms with Crippen molar-refractivity contribution in [1.29, 1.82) is 0 Å². The van der Waals surface area contributed by atoms with Crippen LogP contribution in [0.15, 0.2) is 35.5 Å². The third kappa shape index (κ3) is 2.67. The van der Waals surface area contributed by atoms with Crippen molar-refractivity contribution < 1.29 is 0 Å². The first-order chi connectivity index (χ1) is 7.20. The maximum absolute atomic E-state index is 5.43. The fourth-order valence-electron chi connectivity index (χ4n) is 1.62. The first kappa shape index (κ1) is 11.5. The molecule has 3 nitrogen and oxygen atoms in total. The molecule has 1 aromatic carbocycles. The standard InChI is InChI=1S/C12H17N3/c1-9-4-3-5-10(2)12(9)11(6-7-13)15-8-14/h3-7H,8,13-14H2,1-2H3/b7-6-,15-11+.